The van der Waals surface area contributed by atoms with Crippen molar-refractivity contribution in [1.82, 2.24) is 20.2 Å². The largest absolute Gasteiger partial charge is 0.361 e. The van der Waals surface area contributed by atoms with Gasteiger partial charge in [0.25, 0.3) is 5.91 Å². The minimum atomic E-state index is -0.695. The highest BCUT2D eigenvalue weighted by molar-refractivity contribution is 7.12. The number of rotatable bonds is 6. The molecule has 3 aromatic heterocycles. The number of carbonyl (C=O) groups is 2. The Morgan fingerprint density at radius 3 is 2.71 bits per heavy atom. The summed E-state index contributed by atoms with van der Waals surface area (Å²) in [5.41, 5.74) is 2.50. The maximum Gasteiger partial charge on any atom is 0.262 e. The maximum absolute atomic E-state index is 13.6. The predicted octanol–water partition coefficient (Wildman–Crippen LogP) is 3.19. The van der Waals surface area contributed by atoms with E-state index in [2.05, 4.69) is 21.4 Å². The molecule has 0 bridgehead atoms. The van der Waals surface area contributed by atoms with Crippen molar-refractivity contribution in [2.45, 2.75) is 12.5 Å². The molecule has 176 valence electrons. The Morgan fingerprint density at radius 1 is 1.11 bits per heavy atom. The van der Waals surface area contributed by atoms with Crippen LogP contribution in [0.4, 0.5) is 5.82 Å². The topological polar surface area (TPSA) is 105 Å². The number of thiophene rings is 1. The molecule has 35 heavy (non-hydrogen) atoms. The number of anilines is 1. The van der Waals surface area contributed by atoms with Gasteiger partial charge in [0.1, 0.15) is 17.9 Å². The second kappa shape index (κ2) is 9.99. The van der Waals surface area contributed by atoms with Crippen molar-refractivity contribution in [2.24, 2.45) is 0 Å². The van der Waals surface area contributed by atoms with Crippen LogP contribution in [0.15, 0.2) is 66.3 Å². The van der Waals surface area contributed by atoms with Gasteiger partial charge in [-0.1, -0.05) is 24.3 Å². The maximum atomic E-state index is 13.6. The number of carbonyl (C=O) groups excluding carboxylic acids is 2. The average molecular weight is 485 g/mol. The van der Waals surface area contributed by atoms with Crippen LogP contribution in [-0.4, -0.2) is 58.9 Å². The molecule has 5 rings (SSSR count). The standard InChI is InChI=1S/C26H24N6O2S/c27-16-18-5-3-9-28-24(18)31-10-12-32(13-11-31)26(34)22(30-25(33)23-8-4-14-35-23)15-19-17-29-21-7-2-1-6-20(19)21/h1-9,14,17,22,29H,10-13,15H2,(H,30,33)/t22-/m0/s1. The van der Waals surface area contributed by atoms with Crippen molar-refractivity contribution >= 4 is 39.9 Å². The summed E-state index contributed by atoms with van der Waals surface area (Å²) < 4.78 is 0. The zero-order valence-electron chi connectivity index (χ0n) is 19.0. The van der Waals surface area contributed by atoms with Crippen molar-refractivity contribution in [3.05, 3.63) is 82.3 Å². The lowest BCUT2D eigenvalue weighted by molar-refractivity contribution is -0.133. The summed E-state index contributed by atoms with van der Waals surface area (Å²) in [5.74, 6) is 0.286. The summed E-state index contributed by atoms with van der Waals surface area (Å²) in [5, 5.41) is 15.3. The molecule has 0 unspecified atom stereocenters. The fourth-order valence-electron chi connectivity index (χ4n) is 4.45. The van der Waals surface area contributed by atoms with Gasteiger partial charge >= 0.3 is 0 Å². The number of H-pyrrole nitrogens is 1. The number of amides is 2. The number of nitrogens with one attached hydrogen (secondary N) is 2. The van der Waals surface area contributed by atoms with Gasteiger partial charge in [-0.05, 0) is 35.2 Å². The molecule has 4 aromatic rings. The molecule has 2 N–H and O–H groups in total. The molecule has 4 heterocycles. The van der Waals surface area contributed by atoms with Crippen LogP contribution in [0.2, 0.25) is 0 Å². The number of piperazine rings is 1. The molecule has 0 spiro atoms. The number of para-hydroxylation sites is 1. The average Bonchev–Trinajstić information content (AvgIpc) is 3.59. The van der Waals surface area contributed by atoms with E-state index in [0.29, 0.717) is 48.9 Å². The number of pyridine rings is 1. The number of aromatic amines is 1. The summed E-state index contributed by atoms with van der Waals surface area (Å²) in [6.07, 6.45) is 3.97. The van der Waals surface area contributed by atoms with Gasteiger partial charge in [-0.3, -0.25) is 9.59 Å². The van der Waals surface area contributed by atoms with Crippen molar-refractivity contribution in [3.8, 4) is 6.07 Å². The van der Waals surface area contributed by atoms with Crippen LogP contribution in [0.25, 0.3) is 10.9 Å². The molecule has 1 aromatic carbocycles. The van der Waals surface area contributed by atoms with E-state index in [0.717, 1.165) is 16.5 Å². The third-order valence-corrected chi connectivity index (χ3v) is 7.11. The van der Waals surface area contributed by atoms with Gasteiger partial charge in [0.05, 0.1) is 10.4 Å². The van der Waals surface area contributed by atoms with E-state index < -0.39 is 6.04 Å². The molecule has 1 saturated heterocycles. The first kappa shape index (κ1) is 22.6. The van der Waals surface area contributed by atoms with Gasteiger partial charge in [0, 0.05) is 55.9 Å². The lowest BCUT2D eigenvalue weighted by Crippen LogP contribution is -2.55. The van der Waals surface area contributed by atoms with Gasteiger partial charge in [0.2, 0.25) is 5.91 Å². The SMILES string of the molecule is N#Cc1cccnc1N1CCN(C(=O)[C@H](Cc2c[nH]c3ccccc23)NC(=O)c2cccs2)CC1. The number of nitrogens with zero attached hydrogens (tertiary/aromatic N) is 4. The normalized spacial score (nSPS) is 14.5. The quantitative estimate of drug-likeness (QED) is 0.437. The van der Waals surface area contributed by atoms with Crippen LogP contribution in [-0.2, 0) is 11.2 Å². The highest BCUT2D eigenvalue weighted by atomic mass is 32.1. The van der Waals surface area contributed by atoms with Crippen LogP contribution in [0.1, 0.15) is 20.8 Å². The fourth-order valence-corrected chi connectivity index (χ4v) is 5.08. The number of benzene rings is 1. The minimum absolute atomic E-state index is 0.110. The molecular weight excluding hydrogens is 460 g/mol. The van der Waals surface area contributed by atoms with E-state index in [1.807, 2.05) is 46.8 Å². The summed E-state index contributed by atoms with van der Waals surface area (Å²) in [6.45, 7) is 2.10. The molecule has 2 amide bonds. The Kier molecular flexibility index (Phi) is 6.46. The number of aromatic nitrogens is 2. The Hall–Kier alpha value is -4.16. The summed E-state index contributed by atoms with van der Waals surface area (Å²) in [4.78, 5) is 38.5. The molecule has 1 atom stereocenters. The monoisotopic (exact) mass is 484 g/mol. The van der Waals surface area contributed by atoms with Crippen LogP contribution in [0, 0.1) is 11.3 Å². The van der Waals surface area contributed by atoms with E-state index in [4.69, 9.17) is 0 Å². The van der Waals surface area contributed by atoms with Crippen molar-refractivity contribution in [1.29, 1.82) is 5.26 Å². The van der Waals surface area contributed by atoms with E-state index >= 15 is 0 Å². The Morgan fingerprint density at radius 2 is 1.94 bits per heavy atom. The van der Waals surface area contributed by atoms with Crippen LogP contribution in [0.3, 0.4) is 0 Å². The molecule has 0 radical (unpaired) electrons. The zero-order chi connectivity index (χ0) is 24.2. The first-order chi connectivity index (χ1) is 17.1. The van der Waals surface area contributed by atoms with E-state index in [-0.39, 0.29) is 11.8 Å². The van der Waals surface area contributed by atoms with Crippen molar-refractivity contribution < 1.29 is 9.59 Å². The second-order valence-electron chi connectivity index (χ2n) is 8.37. The molecule has 1 fully saturated rings. The highest BCUT2D eigenvalue weighted by Crippen LogP contribution is 2.22. The first-order valence-corrected chi connectivity index (χ1v) is 12.3. The number of hydrogen-bond acceptors (Lipinski definition) is 6. The lowest BCUT2D eigenvalue weighted by Gasteiger charge is -2.37. The number of nitriles is 1. The van der Waals surface area contributed by atoms with Gasteiger partial charge in [-0.2, -0.15) is 5.26 Å². The summed E-state index contributed by atoms with van der Waals surface area (Å²) in [6, 6.07) is 16.5. The van der Waals surface area contributed by atoms with Crippen molar-refractivity contribution in [3.63, 3.8) is 0 Å². The molecule has 1 aliphatic rings. The minimum Gasteiger partial charge on any atom is -0.361 e. The summed E-state index contributed by atoms with van der Waals surface area (Å²) >= 11 is 1.35. The third-order valence-electron chi connectivity index (χ3n) is 6.25. The van der Waals surface area contributed by atoms with E-state index in [1.54, 1.807) is 29.3 Å². The molecular formula is C26H24N6O2S. The van der Waals surface area contributed by atoms with E-state index in [9.17, 15) is 14.9 Å². The smallest absolute Gasteiger partial charge is 0.262 e. The fraction of sp³-hybridized carbons (Fsp3) is 0.231. The van der Waals surface area contributed by atoms with E-state index in [1.165, 1.54) is 11.3 Å². The van der Waals surface area contributed by atoms with Gasteiger partial charge in [0.15, 0.2) is 0 Å². The Labute approximate surface area is 206 Å². The Balaban J connectivity index is 1.34. The van der Waals surface area contributed by atoms with Gasteiger partial charge in [-0.25, -0.2) is 4.98 Å². The van der Waals surface area contributed by atoms with Gasteiger partial charge in [-0.15, -0.1) is 11.3 Å². The second-order valence-corrected chi connectivity index (χ2v) is 9.31. The number of hydrogen-bond donors (Lipinski definition) is 2. The van der Waals surface area contributed by atoms with Gasteiger partial charge < -0.3 is 20.1 Å². The van der Waals surface area contributed by atoms with Crippen LogP contribution < -0.4 is 10.2 Å². The zero-order valence-corrected chi connectivity index (χ0v) is 19.8. The molecule has 1 aliphatic heterocycles. The van der Waals surface area contributed by atoms with Crippen molar-refractivity contribution in [2.75, 3.05) is 31.1 Å². The predicted molar refractivity (Wildman–Crippen MR) is 135 cm³/mol. The number of fused-ring (bicyclic) bond motifs is 1. The third kappa shape index (κ3) is 4.74. The summed E-state index contributed by atoms with van der Waals surface area (Å²) in [7, 11) is 0. The van der Waals surface area contributed by atoms with Crippen LogP contribution >= 0.6 is 11.3 Å². The first-order valence-electron chi connectivity index (χ1n) is 11.4. The molecule has 9 heteroatoms. The lowest BCUT2D eigenvalue weighted by atomic mass is 10.0. The van der Waals surface area contributed by atoms with Crippen LogP contribution in [0.5, 0.6) is 0 Å². The molecule has 0 aliphatic carbocycles. The highest BCUT2D eigenvalue weighted by Gasteiger charge is 2.30. The Bertz CT molecular complexity index is 1380. The molecule has 8 nitrogen and oxygen atoms in total. The molecule has 0 saturated carbocycles.